The third kappa shape index (κ3) is 2.59. The molecule has 2 aromatic carbocycles. The lowest BCUT2D eigenvalue weighted by Gasteiger charge is -1.99. The van der Waals surface area contributed by atoms with Crippen molar-refractivity contribution in [1.29, 1.82) is 0 Å². The van der Waals surface area contributed by atoms with Crippen molar-refractivity contribution in [3.63, 3.8) is 0 Å². The Labute approximate surface area is 121 Å². The Bertz CT molecular complexity index is 762. The van der Waals surface area contributed by atoms with Crippen LogP contribution >= 0.6 is 0 Å². The third-order valence-corrected chi connectivity index (χ3v) is 3.01. The predicted octanol–water partition coefficient (Wildman–Crippen LogP) is 1.98. The Kier molecular flexibility index (Phi) is 3.34. The Balaban J connectivity index is 1.90. The van der Waals surface area contributed by atoms with Gasteiger partial charge in [-0.25, -0.2) is 0 Å². The zero-order valence-electron chi connectivity index (χ0n) is 11.1. The zero-order valence-corrected chi connectivity index (χ0v) is 11.1. The fourth-order valence-corrected chi connectivity index (χ4v) is 1.90. The molecule has 0 aliphatic heterocycles. The summed E-state index contributed by atoms with van der Waals surface area (Å²) in [6, 6.07) is 16.9. The molecule has 1 heterocycles. The lowest BCUT2D eigenvalue weighted by molar-refractivity contribution is 0.584. The number of aromatic nitrogens is 2. The van der Waals surface area contributed by atoms with Crippen LogP contribution in [0.15, 0.2) is 64.1 Å². The first-order valence-electron chi connectivity index (χ1n) is 6.31. The largest absolute Gasteiger partial charge is 0.416 e. The van der Waals surface area contributed by atoms with E-state index >= 15 is 0 Å². The summed E-state index contributed by atoms with van der Waals surface area (Å²) >= 11 is 0. The highest BCUT2D eigenvalue weighted by Crippen LogP contribution is 2.23. The normalized spacial score (nSPS) is 11.5. The van der Waals surface area contributed by atoms with Gasteiger partial charge >= 0.3 is 0 Å². The quantitative estimate of drug-likeness (QED) is 0.330. The molecule has 0 aliphatic carbocycles. The molecule has 3 rings (SSSR count). The highest BCUT2D eigenvalue weighted by atomic mass is 16.4. The van der Waals surface area contributed by atoms with Gasteiger partial charge in [-0.3, -0.25) is 0 Å². The van der Waals surface area contributed by atoms with Gasteiger partial charge in [-0.15, -0.1) is 10.2 Å². The SMILES string of the molecule is NN=C(N)c1ccc(-c2nnc(-c3ccccc3)o2)cc1. The fraction of sp³-hybridized carbons (Fsp3) is 0. The standard InChI is InChI=1S/C15H13N5O/c16-13(18-17)10-6-8-12(9-7-10)15-20-19-14(21-15)11-4-2-1-3-5-11/h1-9H,17H2,(H2,16,18). The summed E-state index contributed by atoms with van der Waals surface area (Å²) in [4.78, 5) is 0. The van der Waals surface area contributed by atoms with Crippen molar-refractivity contribution >= 4 is 5.84 Å². The first kappa shape index (κ1) is 12.9. The van der Waals surface area contributed by atoms with Crippen LogP contribution in [-0.4, -0.2) is 16.0 Å². The lowest BCUT2D eigenvalue weighted by Crippen LogP contribution is -2.15. The first-order chi connectivity index (χ1) is 10.3. The Morgan fingerprint density at radius 2 is 1.43 bits per heavy atom. The molecule has 0 unspecified atom stereocenters. The smallest absolute Gasteiger partial charge is 0.248 e. The number of hydrogen-bond acceptors (Lipinski definition) is 5. The zero-order chi connectivity index (χ0) is 14.7. The van der Waals surface area contributed by atoms with E-state index in [-0.39, 0.29) is 5.84 Å². The van der Waals surface area contributed by atoms with Crippen LogP contribution in [0.2, 0.25) is 0 Å². The predicted molar refractivity (Wildman–Crippen MR) is 80.1 cm³/mol. The van der Waals surface area contributed by atoms with Crippen molar-refractivity contribution in [2.45, 2.75) is 0 Å². The van der Waals surface area contributed by atoms with Crippen molar-refractivity contribution in [2.75, 3.05) is 0 Å². The van der Waals surface area contributed by atoms with E-state index in [1.54, 1.807) is 12.1 Å². The molecule has 0 saturated heterocycles. The molecule has 0 radical (unpaired) electrons. The molecule has 0 fully saturated rings. The van der Waals surface area contributed by atoms with Crippen LogP contribution in [0, 0.1) is 0 Å². The monoisotopic (exact) mass is 279 g/mol. The summed E-state index contributed by atoms with van der Waals surface area (Å²) in [5.74, 6) is 6.35. The van der Waals surface area contributed by atoms with Gasteiger partial charge in [0.05, 0.1) is 0 Å². The van der Waals surface area contributed by atoms with Gasteiger partial charge in [-0.05, 0) is 24.3 Å². The lowest BCUT2D eigenvalue weighted by atomic mass is 10.1. The Morgan fingerprint density at radius 1 is 0.857 bits per heavy atom. The number of hydrogen-bond donors (Lipinski definition) is 2. The molecule has 0 bridgehead atoms. The van der Waals surface area contributed by atoms with Crippen LogP contribution < -0.4 is 11.6 Å². The van der Waals surface area contributed by atoms with Crippen LogP contribution in [0.5, 0.6) is 0 Å². The van der Waals surface area contributed by atoms with E-state index in [1.807, 2.05) is 42.5 Å². The minimum atomic E-state index is 0.275. The summed E-state index contributed by atoms with van der Waals surface area (Å²) in [7, 11) is 0. The summed E-state index contributed by atoms with van der Waals surface area (Å²) in [5.41, 5.74) is 8.06. The summed E-state index contributed by atoms with van der Waals surface area (Å²) in [6.45, 7) is 0. The number of hydrazone groups is 1. The van der Waals surface area contributed by atoms with E-state index in [4.69, 9.17) is 16.0 Å². The second kappa shape index (κ2) is 5.46. The summed E-state index contributed by atoms with van der Waals surface area (Å²) in [5, 5.41) is 11.6. The highest BCUT2D eigenvalue weighted by Gasteiger charge is 2.10. The van der Waals surface area contributed by atoms with Gasteiger partial charge < -0.3 is 16.0 Å². The van der Waals surface area contributed by atoms with Crippen LogP contribution in [0.4, 0.5) is 0 Å². The molecule has 4 N–H and O–H groups in total. The van der Waals surface area contributed by atoms with E-state index < -0.39 is 0 Å². The first-order valence-corrected chi connectivity index (χ1v) is 6.31. The molecule has 1 aromatic heterocycles. The van der Waals surface area contributed by atoms with Gasteiger partial charge in [0, 0.05) is 16.7 Å². The molecule has 3 aromatic rings. The van der Waals surface area contributed by atoms with Crippen LogP contribution in [0.25, 0.3) is 22.9 Å². The maximum atomic E-state index is 5.67. The molecule has 0 spiro atoms. The van der Waals surface area contributed by atoms with Crippen molar-refractivity contribution < 1.29 is 4.42 Å². The third-order valence-electron chi connectivity index (χ3n) is 3.01. The molecular formula is C15H13N5O. The highest BCUT2D eigenvalue weighted by molar-refractivity contribution is 5.97. The maximum absolute atomic E-state index is 5.67. The van der Waals surface area contributed by atoms with E-state index in [2.05, 4.69) is 15.3 Å². The molecule has 0 saturated carbocycles. The van der Waals surface area contributed by atoms with E-state index in [1.165, 1.54) is 0 Å². The summed E-state index contributed by atoms with van der Waals surface area (Å²) in [6.07, 6.45) is 0. The van der Waals surface area contributed by atoms with Gasteiger partial charge in [0.2, 0.25) is 11.8 Å². The van der Waals surface area contributed by atoms with Crippen molar-refractivity contribution in [3.8, 4) is 22.9 Å². The number of nitrogens with zero attached hydrogens (tertiary/aromatic N) is 3. The maximum Gasteiger partial charge on any atom is 0.248 e. The van der Waals surface area contributed by atoms with Gasteiger partial charge in [0.25, 0.3) is 0 Å². The number of benzene rings is 2. The van der Waals surface area contributed by atoms with Gasteiger partial charge in [-0.1, -0.05) is 30.3 Å². The molecule has 6 nitrogen and oxygen atoms in total. The Morgan fingerprint density at radius 3 is 2.00 bits per heavy atom. The number of rotatable bonds is 3. The van der Waals surface area contributed by atoms with Crippen LogP contribution in [-0.2, 0) is 0 Å². The molecule has 104 valence electrons. The number of nitrogens with two attached hydrogens (primary N) is 2. The summed E-state index contributed by atoms with van der Waals surface area (Å²) < 4.78 is 5.67. The Hall–Kier alpha value is -3.15. The average Bonchev–Trinajstić information content (AvgIpc) is 3.05. The van der Waals surface area contributed by atoms with Crippen molar-refractivity contribution in [3.05, 3.63) is 60.2 Å². The second-order valence-electron chi connectivity index (χ2n) is 4.37. The van der Waals surface area contributed by atoms with Crippen molar-refractivity contribution in [2.24, 2.45) is 16.7 Å². The molecule has 0 amide bonds. The van der Waals surface area contributed by atoms with Crippen molar-refractivity contribution in [1.82, 2.24) is 10.2 Å². The molecular weight excluding hydrogens is 266 g/mol. The molecule has 0 aliphatic rings. The fourth-order valence-electron chi connectivity index (χ4n) is 1.90. The van der Waals surface area contributed by atoms with E-state index in [0.29, 0.717) is 11.8 Å². The molecule has 6 heteroatoms. The molecule has 0 atom stereocenters. The topological polar surface area (TPSA) is 103 Å². The number of amidine groups is 1. The van der Waals surface area contributed by atoms with Gasteiger partial charge in [-0.2, -0.15) is 5.10 Å². The van der Waals surface area contributed by atoms with Gasteiger partial charge in [0.1, 0.15) is 5.84 Å². The minimum absolute atomic E-state index is 0.275. The van der Waals surface area contributed by atoms with Gasteiger partial charge in [0.15, 0.2) is 0 Å². The average molecular weight is 279 g/mol. The van der Waals surface area contributed by atoms with E-state index in [9.17, 15) is 0 Å². The minimum Gasteiger partial charge on any atom is -0.416 e. The van der Waals surface area contributed by atoms with E-state index in [0.717, 1.165) is 16.7 Å². The molecule has 21 heavy (non-hydrogen) atoms. The second-order valence-corrected chi connectivity index (χ2v) is 4.37. The van der Waals surface area contributed by atoms with Crippen LogP contribution in [0.1, 0.15) is 5.56 Å². The van der Waals surface area contributed by atoms with Crippen LogP contribution in [0.3, 0.4) is 0 Å².